The van der Waals surface area contributed by atoms with Crippen LogP contribution in [-0.2, 0) is 4.79 Å². The average molecular weight is 250 g/mol. The van der Waals surface area contributed by atoms with Gasteiger partial charge in [0.25, 0.3) is 0 Å². The maximum absolute atomic E-state index is 13.3. The number of benzene rings is 1. The highest BCUT2D eigenvalue weighted by Crippen LogP contribution is 2.19. The number of hydrogen-bond donors (Lipinski definition) is 2. The van der Waals surface area contributed by atoms with Crippen molar-refractivity contribution in [1.29, 1.82) is 5.26 Å². The summed E-state index contributed by atoms with van der Waals surface area (Å²) < 4.78 is 13.3. The molecule has 1 unspecified atom stereocenters. The fourth-order valence-electron chi connectivity index (χ4n) is 1.66. The Hall–Kier alpha value is -2.09. The second kappa shape index (κ2) is 6.60. The van der Waals surface area contributed by atoms with Gasteiger partial charge in [-0.3, -0.25) is 4.79 Å². The first-order chi connectivity index (χ1) is 8.54. The fourth-order valence-corrected chi connectivity index (χ4v) is 1.66. The number of carbonyl (C=O) groups is 1. The van der Waals surface area contributed by atoms with Gasteiger partial charge in [-0.15, -0.1) is 0 Å². The minimum absolute atomic E-state index is 0.0115. The summed E-state index contributed by atoms with van der Waals surface area (Å²) in [5.74, 6) is -1.38. The van der Waals surface area contributed by atoms with Crippen LogP contribution in [0.15, 0.2) is 18.2 Å². The second-order valence-corrected chi connectivity index (χ2v) is 4.11. The molecule has 0 aliphatic carbocycles. The third kappa shape index (κ3) is 4.06. The van der Waals surface area contributed by atoms with E-state index in [2.05, 4.69) is 5.32 Å². The topological polar surface area (TPSA) is 73.1 Å². The van der Waals surface area contributed by atoms with Gasteiger partial charge in [-0.25, -0.2) is 4.39 Å². The van der Waals surface area contributed by atoms with Crippen LogP contribution in [0, 0.1) is 17.1 Å². The van der Waals surface area contributed by atoms with Crippen LogP contribution in [0.5, 0.6) is 0 Å². The van der Waals surface area contributed by atoms with Crippen molar-refractivity contribution in [1.82, 2.24) is 0 Å². The number of halogens is 1. The molecule has 1 atom stereocenters. The Morgan fingerprint density at radius 3 is 2.94 bits per heavy atom. The molecule has 0 radical (unpaired) electrons. The molecule has 0 saturated carbocycles. The summed E-state index contributed by atoms with van der Waals surface area (Å²) >= 11 is 0. The number of anilines is 1. The van der Waals surface area contributed by atoms with Gasteiger partial charge in [0.05, 0.1) is 5.69 Å². The van der Waals surface area contributed by atoms with Crippen LogP contribution in [-0.4, -0.2) is 17.1 Å². The van der Waals surface area contributed by atoms with Crippen LogP contribution in [0.25, 0.3) is 0 Å². The van der Waals surface area contributed by atoms with Crippen molar-refractivity contribution >= 4 is 11.7 Å². The van der Waals surface area contributed by atoms with E-state index in [9.17, 15) is 9.18 Å². The number of nitrogens with zero attached hydrogens (tertiary/aromatic N) is 1. The Kier molecular flexibility index (Phi) is 5.12. The maximum Gasteiger partial charge on any atom is 0.303 e. The molecule has 0 aliphatic heterocycles. The van der Waals surface area contributed by atoms with Crippen LogP contribution >= 0.6 is 0 Å². The molecule has 0 spiro atoms. The van der Waals surface area contributed by atoms with Gasteiger partial charge in [-0.1, -0.05) is 6.07 Å². The van der Waals surface area contributed by atoms with E-state index in [1.54, 1.807) is 6.07 Å². The number of hydrogen-bond acceptors (Lipinski definition) is 3. The first-order valence-corrected chi connectivity index (χ1v) is 5.71. The molecule has 0 bridgehead atoms. The van der Waals surface area contributed by atoms with Gasteiger partial charge in [0.2, 0.25) is 0 Å². The average Bonchev–Trinajstić information content (AvgIpc) is 2.28. The van der Waals surface area contributed by atoms with Gasteiger partial charge in [0, 0.05) is 12.5 Å². The lowest BCUT2D eigenvalue weighted by atomic mass is 10.1. The monoisotopic (exact) mass is 250 g/mol. The largest absolute Gasteiger partial charge is 0.481 e. The summed E-state index contributed by atoms with van der Waals surface area (Å²) in [5.41, 5.74) is 0.433. The van der Waals surface area contributed by atoms with Crippen molar-refractivity contribution in [3.8, 4) is 6.07 Å². The predicted molar refractivity (Wildman–Crippen MR) is 65.7 cm³/mol. The number of carboxylic acid groups (broad SMARTS) is 1. The Balaban J connectivity index is 2.59. The SMILES string of the molecule is CC(CCCC(=O)O)Nc1cccc(F)c1C#N. The molecular weight excluding hydrogens is 235 g/mol. The first kappa shape index (κ1) is 14.0. The molecule has 18 heavy (non-hydrogen) atoms. The number of nitrogens with one attached hydrogen (secondary N) is 1. The number of nitriles is 1. The third-order valence-corrected chi connectivity index (χ3v) is 2.56. The standard InChI is InChI=1S/C13H15FN2O2/c1-9(4-2-7-13(17)18)16-12-6-3-5-11(14)10(12)8-15/h3,5-6,9,16H,2,4,7H2,1H3,(H,17,18). The molecule has 0 aliphatic rings. The zero-order chi connectivity index (χ0) is 13.5. The summed E-state index contributed by atoms with van der Waals surface area (Å²) in [6.45, 7) is 1.87. The van der Waals surface area contributed by atoms with Gasteiger partial charge in [0.15, 0.2) is 0 Å². The molecular formula is C13H15FN2O2. The Morgan fingerprint density at radius 2 is 2.33 bits per heavy atom. The zero-order valence-electron chi connectivity index (χ0n) is 10.1. The lowest BCUT2D eigenvalue weighted by Crippen LogP contribution is -2.16. The minimum Gasteiger partial charge on any atom is -0.481 e. The Labute approximate surface area is 105 Å². The summed E-state index contributed by atoms with van der Waals surface area (Å²) in [7, 11) is 0. The minimum atomic E-state index is -0.828. The maximum atomic E-state index is 13.3. The quantitative estimate of drug-likeness (QED) is 0.814. The van der Waals surface area contributed by atoms with Crippen LogP contribution in [0.2, 0.25) is 0 Å². The number of carboxylic acids is 1. The lowest BCUT2D eigenvalue weighted by molar-refractivity contribution is -0.137. The van der Waals surface area contributed by atoms with E-state index < -0.39 is 11.8 Å². The normalized spacial score (nSPS) is 11.6. The molecule has 0 heterocycles. The van der Waals surface area contributed by atoms with E-state index in [0.717, 1.165) is 0 Å². The van der Waals surface area contributed by atoms with Crippen molar-refractivity contribution in [3.05, 3.63) is 29.6 Å². The summed E-state index contributed by atoms with van der Waals surface area (Å²) in [4.78, 5) is 10.4. The highest BCUT2D eigenvalue weighted by atomic mass is 19.1. The van der Waals surface area contributed by atoms with E-state index in [1.165, 1.54) is 12.1 Å². The van der Waals surface area contributed by atoms with E-state index in [0.29, 0.717) is 18.5 Å². The highest BCUT2D eigenvalue weighted by Gasteiger charge is 2.10. The summed E-state index contributed by atoms with van der Waals surface area (Å²) in [6, 6.07) is 6.20. The molecule has 4 nitrogen and oxygen atoms in total. The smallest absolute Gasteiger partial charge is 0.303 e. The first-order valence-electron chi connectivity index (χ1n) is 5.71. The van der Waals surface area contributed by atoms with Crippen molar-refractivity contribution in [2.45, 2.75) is 32.2 Å². The van der Waals surface area contributed by atoms with Crippen LogP contribution < -0.4 is 5.32 Å². The van der Waals surface area contributed by atoms with Crippen molar-refractivity contribution in [2.75, 3.05) is 5.32 Å². The fraction of sp³-hybridized carbons (Fsp3) is 0.385. The number of aliphatic carboxylic acids is 1. The van der Waals surface area contributed by atoms with Crippen LogP contribution in [0.3, 0.4) is 0 Å². The van der Waals surface area contributed by atoms with E-state index >= 15 is 0 Å². The van der Waals surface area contributed by atoms with Crippen LogP contribution in [0.1, 0.15) is 31.7 Å². The Morgan fingerprint density at radius 1 is 1.61 bits per heavy atom. The van der Waals surface area contributed by atoms with Gasteiger partial charge in [-0.2, -0.15) is 5.26 Å². The molecule has 5 heteroatoms. The van der Waals surface area contributed by atoms with E-state index in [1.807, 2.05) is 13.0 Å². The third-order valence-electron chi connectivity index (χ3n) is 2.56. The van der Waals surface area contributed by atoms with Gasteiger partial charge in [-0.05, 0) is 31.9 Å². The molecule has 1 aromatic rings. The number of rotatable bonds is 6. The van der Waals surface area contributed by atoms with Gasteiger partial charge >= 0.3 is 5.97 Å². The molecule has 0 amide bonds. The predicted octanol–water partition coefficient (Wildman–Crippen LogP) is 2.75. The molecule has 1 rings (SSSR count). The molecule has 96 valence electrons. The van der Waals surface area contributed by atoms with Crippen molar-refractivity contribution < 1.29 is 14.3 Å². The van der Waals surface area contributed by atoms with Gasteiger partial charge in [0.1, 0.15) is 17.4 Å². The molecule has 0 saturated heterocycles. The highest BCUT2D eigenvalue weighted by molar-refractivity contribution is 5.66. The summed E-state index contributed by atoms with van der Waals surface area (Å²) in [6.07, 6.45) is 1.30. The van der Waals surface area contributed by atoms with Gasteiger partial charge < -0.3 is 10.4 Å². The van der Waals surface area contributed by atoms with Crippen molar-refractivity contribution in [2.24, 2.45) is 0 Å². The van der Waals surface area contributed by atoms with Crippen molar-refractivity contribution in [3.63, 3.8) is 0 Å². The lowest BCUT2D eigenvalue weighted by Gasteiger charge is -2.15. The van der Waals surface area contributed by atoms with Crippen LogP contribution in [0.4, 0.5) is 10.1 Å². The molecule has 1 aromatic carbocycles. The van der Waals surface area contributed by atoms with E-state index in [-0.39, 0.29) is 18.0 Å². The second-order valence-electron chi connectivity index (χ2n) is 4.11. The molecule has 0 fully saturated rings. The molecule has 0 aromatic heterocycles. The zero-order valence-corrected chi connectivity index (χ0v) is 10.1. The Bertz CT molecular complexity index is 469. The van der Waals surface area contributed by atoms with E-state index in [4.69, 9.17) is 10.4 Å². The molecule has 2 N–H and O–H groups in total. The summed E-state index contributed by atoms with van der Waals surface area (Å²) in [5, 5.41) is 20.4.